The number of carbonyl (C=O) groups excluding carboxylic acids is 1. The highest BCUT2D eigenvalue weighted by Crippen LogP contribution is 2.21. The Kier molecular flexibility index (Phi) is 5.86. The van der Waals surface area contributed by atoms with Crippen LogP contribution in [0, 0.1) is 11.7 Å². The number of carbonyl (C=O) groups is 1. The molecule has 2 rings (SSSR count). The standard InChI is InChI=1S/C15H21FN2OS/c1-11(20-10-12-3-2-8-17-9-12)15(19)18-14-6-4-13(16)5-7-14/h4-7,11-12,17H,2-3,8-10H2,1H3,(H,18,19). The number of rotatable bonds is 5. The highest BCUT2D eigenvalue weighted by Gasteiger charge is 2.18. The van der Waals surface area contributed by atoms with Gasteiger partial charge in [0.1, 0.15) is 5.82 Å². The fourth-order valence-corrected chi connectivity index (χ4v) is 3.26. The van der Waals surface area contributed by atoms with Crippen LogP contribution in [0.1, 0.15) is 19.8 Å². The summed E-state index contributed by atoms with van der Waals surface area (Å²) in [5.41, 5.74) is 0.642. The van der Waals surface area contributed by atoms with Crippen molar-refractivity contribution in [3.05, 3.63) is 30.1 Å². The van der Waals surface area contributed by atoms with Gasteiger partial charge in [-0.3, -0.25) is 4.79 Å². The number of halogens is 1. The first-order valence-corrected chi connectivity index (χ1v) is 8.09. The van der Waals surface area contributed by atoms with Gasteiger partial charge in [0, 0.05) is 5.69 Å². The quantitative estimate of drug-likeness (QED) is 0.878. The number of hydrogen-bond acceptors (Lipinski definition) is 3. The molecule has 0 spiro atoms. The summed E-state index contributed by atoms with van der Waals surface area (Å²) in [4.78, 5) is 12.0. The van der Waals surface area contributed by atoms with E-state index in [1.165, 1.54) is 25.0 Å². The molecular formula is C15H21FN2OS. The van der Waals surface area contributed by atoms with Crippen molar-refractivity contribution in [3.63, 3.8) is 0 Å². The molecule has 1 aliphatic heterocycles. The summed E-state index contributed by atoms with van der Waals surface area (Å²) in [5, 5.41) is 6.10. The van der Waals surface area contributed by atoms with Gasteiger partial charge in [-0.15, -0.1) is 11.8 Å². The van der Waals surface area contributed by atoms with Crippen molar-refractivity contribution in [1.82, 2.24) is 5.32 Å². The summed E-state index contributed by atoms with van der Waals surface area (Å²) in [6, 6.07) is 5.85. The molecule has 2 atom stereocenters. The lowest BCUT2D eigenvalue weighted by atomic mass is 10.0. The van der Waals surface area contributed by atoms with Crippen LogP contribution in [-0.2, 0) is 4.79 Å². The molecule has 3 nitrogen and oxygen atoms in total. The van der Waals surface area contributed by atoms with Crippen molar-refractivity contribution in [3.8, 4) is 0 Å². The Bertz CT molecular complexity index is 432. The van der Waals surface area contributed by atoms with Crippen molar-refractivity contribution in [2.45, 2.75) is 25.0 Å². The minimum Gasteiger partial charge on any atom is -0.325 e. The summed E-state index contributed by atoms with van der Waals surface area (Å²) in [6.45, 7) is 4.08. The van der Waals surface area contributed by atoms with Crippen LogP contribution in [-0.4, -0.2) is 30.0 Å². The number of benzene rings is 1. The predicted molar refractivity (Wildman–Crippen MR) is 82.5 cm³/mol. The van der Waals surface area contributed by atoms with Gasteiger partial charge in [-0.1, -0.05) is 0 Å². The molecule has 20 heavy (non-hydrogen) atoms. The number of nitrogens with one attached hydrogen (secondary N) is 2. The van der Waals surface area contributed by atoms with E-state index in [0.29, 0.717) is 11.6 Å². The van der Waals surface area contributed by atoms with E-state index < -0.39 is 0 Å². The molecule has 2 N–H and O–H groups in total. The smallest absolute Gasteiger partial charge is 0.237 e. The van der Waals surface area contributed by atoms with Crippen LogP contribution in [0.2, 0.25) is 0 Å². The van der Waals surface area contributed by atoms with Gasteiger partial charge in [0.05, 0.1) is 5.25 Å². The third-order valence-electron chi connectivity index (χ3n) is 3.46. The van der Waals surface area contributed by atoms with E-state index in [2.05, 4.69) is 10.6 Å². The third-order valence-corrected chi connectivity index (χ3v) is 4.84. The number of amides is 1. The highest BCUT2D eigenvalue weighted by atomic mass is 32.2. The van der Waals surface area contributed by atoms with Gasteiger partial charge < -0.3 is 10.6 Å². The SMILES string of the molecule is CC(SCC1CCCNC1)C(=O)Nc1ccc(F)cc1. The van der Waals surface area contributed by atoms with Crippen molar-refractivity contribution in [1.29, 1.82) is 0 Å². The van der Waals surface area contributed by atoms with Crippen molar-refractivity contribution in [2.24, 2.45) is 5.92 Å². The average molecular weight is 296 g/mol. The van der Waals surface area contributed by atoms with Crippen molar-refractivity contribution < 1.29 is 9.18 Å². The number of thioether (sulfide) groups is 1. The maximum atomic E-state index is 12.8. The Morgan fingerprint density at radius 2 is 2.25 bits per heavy atom. The molecule has 0 saturated carbocycles. The van der Waals surface area contributed by atoms with Crippen LogP contribution in [0.3, 0.4) is 0 Å². The molecule has 1 heterocycles. The number of hydrogen-bond donors (Lipinski definition) is 2. The van der Waals surface area contributed by atoms with Crippen LogP contribution < -0.4 is 10.6 Å². The first kappa shape index (κ1) is 15.3. The van der Waals surface area contributed by atoms with Crippen molar-refractivity contribution in [2.75, 3.05) is 24.2 Å². The van der Waals surface area contributed by atoms with E-state index >= 15 is 0 Å². The zero-order valence-electron chi connectivity index (χ0n) is 11.7. The van der Waals surface area contributed by atoms with E-state index in [-0.39, 0.29) is 17.0 Å². The molecule has 1 fully saturated rings. The second-order valence-corrected chi connectivity index (χ2v) is 6.56. The molecule has 1 amide bonds. The molecule has 1 aromatic carbocycles. The van der Waals surface area contributed by atoms with Gasteiger partial charge >= 0.3 is 0 Å². The largest absolute Gasteiger partial charge is 0.325 e. The zero-order valence-corrected chi connectivity index (χ0v) is 12.5. The third kappa shape index (κ3) is 4.80. The molecule has 110 valence electrons. The second-order valence-electron chi connectivity index (χ2n) is 5.18. The lowest BCUT2D eigenvalue weighted by Crippen LogP contribution is -2.32. The summed E-state index contributed by atoms with van der Waals surface area (Å²) in [5.74, 6) is 1.35. The van der Waals surface area contributed by atoms with Crippen LogP contribution >= 0.6 is 11.8 Å². The summed E-state index contributed by atoms with van der Waals surface area (Å²) in [7, 11) is 0. The fraction of sp³-hybridized carbons (Fsp3) is 0.533. The summed E-state index contributed by atoms with van der Waals surface area (Å²) < 4.78 is 12.8. The molecule has 1 aromatic rings. The Morgan fingerprint density at radius 3 is 2.90 bits per heavy atom. The van der Waals surface area contributed by atoms with E-state index in [9.17, 15) is 9.18 Å². The Balaban J connectivity index is 1.75. The molecule has 2 unspecified atom stereocenters. The summed E-state index contributed by atoms with van der Waals surface area (Å²) in [6.07, 6.45) is 2.47. The highest BCUT2D eigenvalue weighted by molar-refractivity contribution is 8.00. The van der Waals surface area contributed by atoms with E-state index in [4.69, 9.17) is 0 Å². The van der Waals surface area contributed by atoms with Crippen LogP contribution in [0.15, 0.2) is 24.3 Å². The Labute approximate surface area is 123 Å². The molecule has 1 saturated heterocycles. The van der Waals surface area contributed by atoms with Gasteiger partial charge in [-0.2, -0.15) is 0 Å². The van der Waals surface area contributed by atoms with Crippen LogP contribution in [0.25, 0.3) is 0 Å². The van der Waals surface area contributed by atoms with Gasteiger partial charge in [-0.25, -0.2) is 4.39 Å². The van der Waals surface area contributed by atoms with Crippen LogP contribution in [0.5, 0.6) is 0 Å². The topological polar surface area (TPSA) is 41.1 Å². The lowest BCUT2D eigenvalue weighted by Gasteiger charge is -2.23. The van der Waals surface area contributed by atoms with E-state index in [0.717, 1.165) is 18.8 Å². The molecule has 0 aromatic heterocycles. The zero-order chi connectivity index (χ0) is 14.4. The molecule has 5 heteroatoms. The van der Waals surface area contributed by atoms with Gasteiger partial charge in [-0.05, 0) is 68.8 Å². The maximum absolute atomic E-state index is 12.8. The molecular weight excluding hydrogens is 275 g/mol. The summed E-state index contributed by atoms with van der Waals surface area (Å²) >= 11 is 1.69. The second kappa shape index (κ2) is 7.64. The molecule has 0 aliphatic carbocycles. The Morgan fingerprint density at radius 1 is 1.50 bits per heavy atom. The first-order valence-electron chi connectivity index (χ1n) is 7.04. The van der Waals surface area contributed by atoms with Crippen molar-refractivity contribution >= 4 is 23.4 Å². The van der Waals surface area contributed by atoms with Gasteiger partial charge in [0.2, 0.25) is 5.91 Å². The number of anilines is 1. The average Bonchev–Trinajstić information content (AvgIpc) is 2.48. The fourth-order valence-electron chi connectivity index (χ4n) is 2.20. The normalized spacial score (nSPS) is 20.4. The van der Waals surface area contributed by atoms with Gasteiger partial charge in [0.25, 0.3) is 0 Å². The molecule has 1 aliphatic rings. The predicted octanol–water partition coefficient (Wildman–Crippen LogP) is 2.89. The minimum atomic E-state index is -0.296. The van der Waals surface area contributed by atoms with E-state index in [1.54, 1.807) is 23.9 Å². The monoisotopic (exact) mass is 296 g/mol. The molecule has 0 bridgehead atoms. The maximum Gasteiger partial charge on any atom is 0.237 e. The Hall–Kier alpha value is -1.07. The first-order chi connectivity index (χ1) is 9.65. The number of piperidine rings is 1. The molecule has 0 radical (unpaired) electrons. The lowest BCUT2D eigenvalue weighted by molar-refractivity contribution is -0.115. The minimum absolute atomic E-state index is 0.0228. The van der Waals surface area contributed by atoms with Crippen LogP contribution in [0.4, 0.5) is 10.1 Å². The van der Waals surface area contributed by atoms with Gasteiger partial charge in [0.15, 0.2) is 0 Å². The van der Waals surface area contributed by atoms with E-state index in [1.807, 2.05) is 6.92 Å².